The molecule has 0 saturated heterocycles. The second kappa shape index (κ2) is 12.7. The highest BCUT2D eigenvalue weighted by Crippen LogP contribution is 1.94. The summed E-state index contributed by atoms with van der Waals surface area (Å²) in [4.78, 5) is 0. The molecule has 0 aromatic carbocycles. The van der Waals surface area contributed by atoms with Crippen LogP contribution in [0.25, 0.3) is 0 Å². The molecule has 0 aliphatic carbocycles. The summed E-state index contributed by atoms with van der Waals surface area (Å²) in [5, 5.41) is 7.93. The average Bonchev–Trinajstić information content (AvgIpc) is 2.93. The van der Waals surface area contributed by atoms with Crippen LogP contribution in [0.2, 0.25) is 0 Å². The van der Waals surface area contributed by atoms with Crippen molar-refractivity contribution in [2.75, 3.05) is 60.5 Å². The molecule has 21 heavy (non-hydrogen) atoms. The summed E-state index contributed by atoms with van der Waals surface area (Å²) in [5.41, 5.74) is 0.814. The standard InChI is InChI=1S/C13H25N3O5/c1-17-5-6-20-9-10-21-8-7-19-4-3-16-11-13(12-18-2)14-15-16/h11H,3-10,12H2,1-2H3. The summed E-state index contributed by atoms with van der Waals surface area (Å²) >= 11 is 0. The van der Waals surface area contributed by atoms with Gasteiger partial charge in [-0.3, -0.25) is 0 Å². The zero-order chi connectivity index (χ0) is 15.2. The van der Waals surface area contributed by atoms with Gasteiger partial charge in [-0.1, -0.05) is 5.21 Å². The van der Waals surface area contributed by atoms with Crippen molar-refractivity contribution >= 4 is 0 Å². The van der Waals surface area contributed by atoms with Gasteiger partial charge in [0.2, 0.25) is 0 Å². The van der Waals surface area contributed by atoms with Gasteiger partial charge in [0.05, 0.1) is 65.6 Å². The molecular formula is C13H25N3O5. The van der Waals surface area contributed by atoms with Crippen LogP contribution < -0.4 is 0 Å². The molecule has 122 valence electrons. The predicted octanol–water partition coefficient (Wildman–Crippen LogP) is 0.121. The number of hydrogen-bond acceptors (Lipinski definition) is 7. The summed E-state index contributed by atoms with van der Waals surface area (Å²) in [7, 11) is 3.28. The first-order valence-electron chi connectivity index (χ1n) is 6.97. The van der Waals surface area contributed by atoms with Crippen LogP contribution in [0.1, 0.15) is 5.69 Å². The van der Waals surface area contributed by atoms with E-state index in [1.807, 2.05) is 6.20 Å². The van der Waals surface area contributed by atoms with E-state index < -0.39 is 0 Å². The zero-order valence-corrected chi connectivity index (χ0v) is 12.8. The number of methoxy groups -OCH3 is 2. The van der Waals surface area contributed by atoms with Crippen LogP contribution in [0.3, 0.4) is 0 Å². The fourth-order valence-electron chi connectivity index (χ4n) is 1.50. The highest BCUT2D eigenvalue weighted by molar-refractivity contribution is 4.89. The number of nitrogens with zero attached hydrogens (tertiary/aromatic N) is 3. The molecule has 0 unspecified atom stereocenters. The maximum Gasteiger partial charge on any atom is 0.108 e. The summed E-state index contributed by atoms with van der Waals surface area (Å²) in [6, 6.07) is 0. The van der Waals surface area contributed by atoms with E-state index in [0.717, 1.165) is 5.69 Å². The lowest BCUT2D eigenvalue weighted by Crippen LogP contribution is -2.13. The summed E-state index contributed by atoms with van der Waals surface area (Å²) < 4.78 is 27.6. The van der Waals surface area contributed by atoms with E-state index in [4.69, 9.17) is 23.7 Å². The predicted molar refractivity (Wildman–Crippen MR) is 75.1 cm³/mol. The Balaban J connectivity index is 1.86. The molecule has 0 spiro atoms. The minimum Gasteiger partial charge on any atom is -0.382 e. The highest BCUT2D eigenvalue weighted by atomic mass is 16.6. The third-order valence-corrected chi connectivity index (χ3v) is 2.52. The number of hydrogen-bond donors (Lipinski definition) is 0. The van der Waals surface area contributed by atoms with Crippen molar-refractivity contribution in [3.63, 3.8) is 0 Å². The van der Waals surface area contributed by atoms with E-state index in [0.29, 0.717) is 59.4 Å². The molecule has 1 heterocycles. The van der Waals surface area contributed by atoms with Crippen LogP contribution in [0.5, 0.6) is 0 Å². The lowest BCUT2D eigenvalue weighted by molar-refractivity contribution is 0.00244. The molecule has 0 amide bonds. The van der Waals surface area contributed by atoms with Gasteiger partial charge in [-0.25, -0.2) is 4.68 Å². The fourth-order valence-corrected chi connectivity index (χ4v) is 1.50. The van der Waals surface area contributed by atoms with Crippen molar-refractivity contribution in [3.05, 3.63) is 11.9 Å². The summed E-state index contributed by atoms with van der Waals surface area (Å²) in [5.74, 6) is 0. The molecule has 1 aromatic heterocycles. The van der Waals surface area contributed by atoms with Crippen LogP contribution in [-0.2, 0) is 36.8 Å². The zero-order valence-electron chi connectivity index (χ0n) is 12.8. The second-order valence-electron chi connectivity index (χ2n) is 4.24. The quantitative estimate of drug-likeness (QED) is 0.452. The molecule has 8 nitrogen and oxygen atoms in total. The van der Waals surface area contributed by atoms with Gasteiger partial charge in [0.15, 0.2) is 0 Å². The molecule has 1 rings (SSSR count). The molecule has 0 fully saturated rings. The normalized spacial score (nSPS) is 11.1. The van der Waals surface area contributed by atoms with Crippen molar-refractivity contribution < 1.29 is 23.7 Å². The molecular weight excluding hydrogens is 278 g/mol. The number of ether oxygens (including phenoxy) is 5. The van der Waals surface area contributed by atoms with E-state index >= 15 is 0 Å². The molecule has 0 saturated carbocycles. The van der Waals surface area contributed by atoms with Crippen LogP contribution in [0.15, 0.2) is 6.20 Å². The van der Waals surface area contributed by atoms with Gasteiger partial charge in [0.1, 0.15) is 5.69 Å². The van der Waals surface area contributed by atoms with E-state index in [1.165, 1.54) is 0 Å². The SMILES string of the molecule is COCCOCCOCCOCCn1cc(COC)nn1. The molecule has 8 heteroatoms. The van der Waals surface area contributed by atoms with Crippen molar-refractivity contribution in [2.45, 2.75) is 13.2 Å². The Labute approximate surface area is 125 Å². The molecule has 1 aromatic rings. The molecule has 0 aliphatic heterocycles. The molecule has 0 N–H and O–H groups in total. The lowest BCUT2D eigenvalue weighted by atomic mass is 10.5. The Kier molecular flexibility index (Phi) is 10.8. The van der Waals surface area contributed by atoms with Gasteiger partial charge in [0, 0.05) is 14.2 Å². The van der Waals surface area contributed by atoms with E-state index in [2.05, 4.69) is 10.3 Å². The first-order chi connectivity index (χ1) is 10.4. The molecule has 0 bridgehead atoms. The monoisotopic (exact) mass is 303 g/mol. The molecule has 0 radical (unpaired) electrons. The molecule has 0 atom stereocenters. The third-order valence-electron chi connectivity index (χ3n) is 2.52. The topological polar surface area (TPSA) is 76.9 Å². The second-order valence-corrected chi connectivity index (χ2v) is 4.24. The van der Waals surface area contributed by atoms with Crippen LogP contribution in [0, 0.1) is 0 Å². The van der Waals surface area contributed by atoms with Crippen molar-refractivity contribution in [1.82, 2.24) is 15.0 Å². The van der Waals surface area contributed by atoms with Gasteiger partial charge in [-0.15, -0.1) is 5.10 Å². The smallest absolute Gasteiger partial charge is 0.108 e. The lowest BCUT2D eigenvalue weighted by Gasteiger charge is -2.06. The van der Waals surface area contributed by atoms with E-state index in [1.54, 1.807) is 18.9 Å². The molecule has 0 aliphatic rings. The van der Waals surface area contributed by atoms with Gasteiger partial charge in [0.25, 0.3) is 0 Å². The third kappa shape index (κ3) is 9.48. The minimum absolute atomic E-state index is 0.473. The summed E-state index contributed by atoms with van der Waals surface area (Å²) in [6.45, 7) is 5.16. The van der Waals surface area contributed by atoms with Crippen LogP contribution in [-0.4, -0.2) is 75.5 Å². The fraction of sp³-hybridized carbons (Fsp3) is 0.846. The van der Waals surface area contributed by atoms with Crippen molar-refractivity contribution in [3.8, 4) is 0 Å². The maximum atomic E-state index is 5.45. The average molecular weight is 303 g/mol. The Hall–Kier alpha value is -1.06. The minimum atomic E-state index is 0.473. The van der Waals surface area contributed by atoms with Crippen LogP contribution >= 0.6 is 0 Å². The Bertz CT molecular complexity index is 348. The largest absolute Gasteiger partial charge is 0.382 e. The Morgan fingerprint density at radius 3 is 2.10 bits per heavy atom. The van der Waals surface area contributed by atoms with E-state index in [9.17, 15) is 0 Å². The van der Waals surface area contributed by atoms with Crippen molar-refractivity contribution in [1.29, 1.82) is 0 Å². The van der Waals surface area contributed by atoms with E-state index in [-0.39, 0.29) is 0 Å². The van der Waals surface area contributed by atoms with Crippen LogP contribution in [0.4, 0.5) is 0 Å². The van der Waals surface area contributed by atoms with Gasteiger partial charge >= 0.3 is 0 Å². The summed E-state index contributed by atoms with van der Waals surface area (Å²) in [6.07, 6.45) is 1.85. The number of aromatic nitrogens is 3. The Morgan fingerprint density at radius 2 is 1.48 bits per heavy atom. The van der Waals surface area contributed by atoms with Crippen molar-refractivity contribution in [2.24, 2.45) is 0 Å². The van der Waals surface area contributed by atoms with Gasteiger partial charge in [-0.05, 0) is 0 Å². The first-order valence-corrected chi connectivity index (χ1v) is 6.97. The highest BCUT2D eigenvalue weighted by Gasteiger charge is 1.99. The first kappa shape index (κ1) is 18.0. The van der Waals surface area contributed by atoms with Gasteiger partial charge < -0.3 is 23.7 Å². The maximum absolute atomic E-state index is 5.45. The Morgan fingerprint density at radius 1 is 0.857 bits per heavy atom. The number of rotatable bonds is 14. The van der Waals surface area contributed by atoms with Gasteiger partial charge in [-0.2, -0.15) is 0 Å².